The topological polar surface area (TPSA) is 61.7 Å². The maximum atomic E-state index is 13.5. The highest BCUT2D eigenvalue weighted by molar-refractivity contribution is 9.10. The van der Waals surface area contributed by atoms with Gasteiger partial charge in [-0.1, -0.05) is 45.8 Å². The van der Waals surface area contributed by atoms with Crippen molar-refractivity contribution in [3.05, 3.63) is 93.5 Å². The zero-order chi connectivity index (χ0) is 21.1. The summed E-state index contributed by atoms with van der Waals surface area (Å²) >= 11 is 3.47. The van der Waals surface area contributed by atoms with Crippen LogP contribution >= 0.6 is 15.9 Å². The van der Waals surface area contributed by atoms with Crippen molar-refractivity contribution in [1.29, 1.82) is 5.26 Å². The first-order valence-electron chi connectivity index (χ1n) is 9.27. The van der Waals surface area contributed by atoms with Crippen LogP contribution in [0.4, 0.5) is 4.39 Å². The number of aromatic amines is 1. The molecule has 4 rings (SSSR count). The van der Waals surface area contributed by atoms with Crippen LogP contribution in [0.25, 0.3) is 22.7 Å². The highest BCUT2D eigenvalue weighted by Crippen LogP contribution is 2.28. The smallest absolute Gasteiger partial charge is 0.149 e. The second-order valence-corrected chi connectivity index (χ2v) is 7.79. The lowest BCUT2D eigenvalue weighted by Gasteiger charge is -2.10. The highest BCUT2D eigenvalue weighted by atomic mass is 79.9. The second kappa shape index (κ2) is 8.52. The van der Waals surface area contributed by atoms with Gasteiger partial charge in [0.1, 0.15) is 30.1 Å². The van der Waals surface area contributed by atoms with Gasteiger partial charge in [-0.25, -0.2) is 9.37 Å². The molecule has 0 fully saturated rings. The van der Waals surface area contributed by atoms with E-state index in [4.69, 9.17) is 4.74 Å². The predicted molar refractivity (Wildman–Crippen MR) is 119 cm³/mol. The summed E-state index contributed by atoms with van der Waals surface area (Å²) in [4.78, 5) is 7.42. The Kier molecular flexibility index (Phi) is 5.64. The standard InChI is InChI=1S/C24H17BrFN3O/c1-15-2-4-16(5-3-15)14-30-23-9-6-19(25)11-17(23)10-18(13-27)24-28-21-8-7-20(26)12-22(21)29-24/h2-12H,14H2,1H3,(H,28,29)/b18-10-. The fourth-order valence-electron chi connectivity index (χ4n) is 3.03. The third-order valence-corrected chi connectivity index (χ3v) is 5.10. The molecule has 0 unspecified atom stereocenters. The Bertz CT molecular complexity index is 1290. The molecule has 30 heavy (non-hydrogen) atoms. The van der Waals surface area contributed by atoms with Crippen molar-refractivity contribution in [1.82, 2.24) is 9.97 Å². The average molecular weight is 462 g/mol. The van der Waals surface area contributed by atoms with Crippen LogP contribution in [-0.2, 0) is 6.61 Å². The number of nitrogens with one attached hydrogen (secondary N) is 1. The molecule has 1 heterocycles. The summed E-state index contributed by atoms with van der Waals surface area (Å²) < 4.78 is 20.4. The number of nitriles is 1. The number of nitrogens with zero attached hydrogens (tertiary/aromatic N) is 2. The molecule has 6 heteroatoms. The molecule has 0 bridgehead atoms. The van der Waals surface area contributed by atoms with Gasteiger partial charge in [0.25, 0.3) is 0 Å². The summed E-state index contributed by atoms with van der Waals surface area (Å²) in [6.45, 7) is 2.45. The number of ether oxygens (including phenoxy) is 1. The minimum Gasteiger partial charge on any atom is -0.488 e. The molecule has 0 radical (unpaired) electrons. The summed E-state index contributed by atoms with van der Waals surface area (Å²) in [7, 11) is 0. The minimum absolute atomic E-state index is 0.324. The Labute approximate surface area is 181 Å². The minimum atomic E-state index is -0.362. The molecule has 0 aliphatic carbocycles. The SMILES string of the molecule is Cc1ccc(COc2ccc(Br)cc2/C=C(/C#N)c2nc3ccc(F)cc3[nH]2)cc1. The summed E-state index contributed by atoms with van der Waals surface area (Å²) in [5, 5.41) is 9.71. The number of benzene rings is 3. The van der Waals surface area contributed by atoms with Gasteiger partial charge in [0, 0.05) is 10.0 Å². The number of H-pyrrole nitrogens is 1. The molecule has 1 N–H and O–H groups in total. The van der Waals surface area contributed by atoms with E-state index in [0.29, 0.717) is 34.8 Å². The molecule has 0 spiro atoms. The number of halogens is 2. The van der Waals surface area contributed by atoms with Crippen molar-refractivity contribution in [2.75, 3.05) is 0 Å². The number of aromatic nitrogens is 2. The molecule has 0 saturated heterocycles. The number of fused-ring (bicyclic) bond motifs is 1. The molecular weight excluding hydrogens is 445 g/mol. The van der Waals surface area contributed by atoms with E-state index < -0.39 is 0 Å². The van der Waals surface area contributed by atoms with Gasteiger partial charge in [0.2, 0.25) is 0 Å². The monoisotopic (exact) mass is 461 g/mol. The van der Waals surface area contributed by atoms with E-state index in [2.05, 4.69) is 32.0 Å². The number of allylic oxidation sites excluding steroid dienone is 1. The second-order valence-electron chi connectivity index (χ2n) is 6.87. The predicted octanol–water partition coefficient (Wildman–Crippen LogP) is 6.42. The number of aryl methyl sites for hydroxylation is 1. The average Bonchev–Trinajstić information content (AvgIpc) is 3.15. The highest BCUT2D eigenvalue weighted by Gasteiger charge is 2.11. The fraction of sp³-hybridized carbons (Fsp3) is 0.0833. The van der Waals surface area contributed by atoms with Gasteiger partial charge in [-0.05, 0) is 55.0 Å². The normalized spacial score (nSPS) is 11.5. The molecule has 0 aliphatic rings. The molecule has 0 aliphatic heterocycles. The zero-order valence-electron chi connectivity index (χ0n) is 16.1. The third-order valence-electron chi connectivity index (χ3n) is 4.61. The van der Waals surface area contributed by atoms with Crippen molar-refractivity contribution >= 4 is 38.6 Å². The van der Waals surface area contributed by atoms with Crippen molar-refractivity contribution in [3.63, 3.8) is 0 Å². The molecule has 0 atom stereocenters. The molecule has 0 amide bonds. The molecule has 3 aromatic carbocycles. The van der Waals surface area contributed by atoms with E-state index in [0.717, 1.165) is 15.6 Å². The maximum Gasteiger partial charge on any atom is 0.149 e. The number of hydrogen-bond donors (Lipinski definition) is 1. The van der Waals surface area contributed by atoms with E-state index in [1.165, 1.54) is 17.7 Å². The largest absolute Gasteiger partial charge is 0.488 e. The van der Waals surface area contributed by atoms with Crippen molar-refractivity contribution < 1.29 is 9.13 Å². The van der Waals surface area contributed by atoms with Crippen LogP contribution < -0.4 is 4.74 Å². The number of hydrogen-bond acceptors (Lipinski definition) is 3. The van der Waals surface area contributed by atoms with Crippen LogP contribution in [0.2, 0.25) is 0 Å². The van der Waals surface area contributed by atoms with Crippen molar-refractivity contribution in [3.8, 4) is 11.8 Å². The van der Waals surface area contributed by atoms with Crippen LogP contribution in [0.1, 0.15) is 22.5 Å². The Balaban J connectivity index is 1.67. The molecule has 0 saturated carbocycles. The lowest BCUT2D eigenvalue weighted by atomic mass is 10.1. The maximum absolute atomic E-state index is 13.5. The molecule has 1 aromatic heterocycles. The molecule has 4 aromatic rings. The molecule has 4 nitrogen and oxygen atoms in total. The first-order valence-corrected chi connectivity index (χ1v) is 10.1. The van der Waals surface area contributed by atoms with E-state index in [1.54, 1.807) is 12.1 Å². The van der Waals surface area contributed by atoms with Gasteiger partial charge in [0.15, 0.2) is 0 Å². The Morgan fingerprint density at radius 1 is 1.17 bits per heavy atom. The lowest BCUT2D eigenvalue weighted by Crippen LogP contribution is -1.97. The van der Waals surface area contributed by atoms with Gasteiger partial charge in [-0.3, -0.25) is 0 Å². The fourth-order valence-corrected chi connectivity index (χ4v) is 3.41. The third kappa shape index (κ3) is 4.42. The van der Waals surface area contributed by atoms with E-state index in [9.17, 15) is 9.65 Å². The first kappa shape index (κ1) is 19.9. The Morgan fingerprint density at radius 2 is 1.97 bits per heavy atom. The molecular formula is C24H17BrFN3O. The van der Waals surface area contributed by atoms with E-state index in [1.807, 2.05) is 49.4 Å². The van der Waals surface area contributed by atoms with Crippen LogP contribution in [0.5, 0.6) is 5.75 Å². The van der Waals surface area contributed by atoms with Gasteiger partial charge >= 0.3 is 0 Å². The summed E-state index contributed by atoms with van der Waals surface area (Å²) in [5.41, 5.74) is 4.44. The van der Waals surface area contributed by atoms with Crippen molar-refractivity contribution in [2.24, 2.45) is 0 Å². The Hall–Kier alpha value is -3.43. The van der Waals surface area contributed by atoms with Crippen LogP contribution in [-0.4, -0.2) is 9.97 Å². The quantitative estimate of drug-likeness (QED) is 0.349. The van der Waals surface area contributed by atoms with Gasteiger partial charge < -0.3 is 9.72 Å². The summed E-state index contributed by atoms with van der Waals surface area (Å²) in [6.07, 6.45) is 1.71. The van der Waals surface area contributed by atoms with Gasteiger partial charge in [0.05, 0.1) is 16.6 Å². The van der Waals surface area contributed by atoms with E-state index in [-0.39, 0.29) is 5.82 Å². The van der Waals surface area contributed by atoms with Crippen LogP contribution in [0.15, 0.2) is 65.1 Å². The number of imidazole rings is 1. The summed E-state index contributed by atoms with van der Waals surface area (Å²) in [6, 6.07) is 20.2. The van der Waals surface area contributed by atoms with E-state index >= 15 is 0 Å². The molecule has 148 valence electrons. The van der Waals surface area contributed by atoms with Crippen LogP contribution in [0.3, 0.4) is 0 Å². The van der Waals surface area contributed by atoms with Gasteiger partial charge in [-0.15, -0.1) is 0 Å². The lowest BCUT2D eigenvalue weighted by molar-refractivity contribution is 0.305. The zero-order valence-corrected chi connectivity index (χ0v) is 17.7. The number of rotatable bonds is 5. The summed E-state index contributed by atoms with van der Waals surface area (Å²) in [5.74, 6) is 0.662. The Morgan fingerprint density at radius 3 is 2.73 bits per heavy atom. The van der Waals surface area contributed by atoms with Crippen LogP contribution in [0, 0.1) is 24.1 Å². The first-order chi connectivity index (χ1) is 14.5. The van der Waals surface area contributed by atoms with Crippen molar-refractivity contribution in [2.45, 2.75) is 13.5 Å². The van der Waals surface area contributed by atoms with Gasteiger partial charge in [-0.2, -0.15) is 5.26 Å².